The Balaban J connectivity index is 1.87. The zero-order valence-corrected chi connectivity index (χ0v) is 11.3. The van der Waals surface area contributed by atoms with E-state index in [0.717, 1.165) is 11.3 Å². The Morgan fingerprint density at radius 2 is 2.20 bits per heavy atom. The van der Waals surface area contributed by atoms with Crippen molar-refractivity contribution in [1.29, 1.82) is 0 Å². The van der Waals surface area contributed by atoms with E-state index < -0.39 is 6.09 Å². The van der Waals surface area contributed by atoms with Gasteiger partial charge in [-0.05, 0) is 24.6 Å². The van der Waals surface area contributed by atoms with Gasteiger partial charge in [0.25, 0.3) is 0 Å². The standard InChI is InChI=1S/C14H18N4O2/c1-11(17-7-9-20-14(15)19)12-2-4-13(5-3-12)18-8-6-16-10-18/h2-6,8,10-11,17H,7,9H2,1H3,(H2,15,19). The van der Waals surface area contributed by atoms with E-state index >= 15 is 0 Å². The molecule has 1 amide bonds. The van der Waals surface area contributed by atoms with Gasteiger partial charge in [-0.1, -0.05) is 12.1 Å². The molecule has 0 aliphatic heterocycles. The molecule has 20 heavy (non-hydrogen) atoms. The number of nitrogens with one attached hydrogen (secondary N) is 1. The van der Waals surface area contributed by atoms with E-state index in [1.807, 2.05) is 22.9 Å². The fraction of sp³-hybridized carbons (Fsp3) is 0.286. The second-order valence-corrected chi connectivity index (χ2v) is 4.40. The van der Waals surface area contributed by atoms with Crippen LogP contribution >= 0.6 is 0 Å². The van der Waals surface area contributed by atoms with Crippen LogP contribution in [0.3, 0.4) is 0 Å². The Hall–Kier alpha value is -2.34. The molecule has 2 aromatic rings. The molecule has 0 spiro atoms. The lowest BCUT2D eigenvalue weighted by molar-refractivity contribution is 0.156. The molecule has 3 N–H and O–H groups in total. The summed E-state index contributed by atoms with van der Waals surface area (Å²) in [6.07, 6.45) is 4.66. The Kier molecular flexibility index (Phi) is 4.73. The SMILES string of the molecule is CC(NCCOC(N)=O)c1ccc(-n2ccnc2)cc1. The maximum Gasteiger partial charge on any atom is 0.404 e. The highest BCUT2D eigenvalue weighted by atomic mass is 16.5. The Morgan fingerprint density at radius 1 is 1.45 bits per heavy atom. The lowest BCUT2D eigenvalue weighted by Gasteiger charge is -2.14. The number of ether oxygens (including phenoxy) is 1. The monoisotopic (exact) mass is 274 g/mol. The molecule has 0 radical (unpaired) electrons. The number of aromatic nitrogens is 2. The van der Waals surface area contributed by atoms with Gasteiger partial charge in [-0.25, -0.2) is 9.78 Å². The van der Waals surface area contributed by atoms with Crippen LogP contribution in [-0.4, -0.2) is 28.8 Å². The summed E-state index contributed by atoms with van der Waals surface area (Å²) in [4.78, 5) is 14.4. The van der Waals surface area contributed by atoms with Crippen molar-refractivity contribution in [2.24, 2.45) is 5.73 Å². The summed E-state index contributed by atoms with van der Waals surface area (Å²) in [6, 6.07) is 8.36. The van der Waals surface area contributed by atoms with Gasteiger partial charge in [0.2, 0.25) is 0 Å². The van der Waals surface area contributed by atoms with E-state index in [1.165, 1.54) is 0 Å². The predicted octanol–water partition coefficient (Wildman–Crippen LogP) is 1.62. The van der Waals surface area contributed by atoms with Crippen molar-refractivity contribution in [2.45, 2.75) is 13.0 Å². The average molecular weight is 274 g/mol. The van der Waals surface area contributed by atoms with Gasteiger partial charge < -0.3 is 20.4 Å². The van der Waals surface area contributed by atoms with Crippen LogP contribution in [0.15, 0.2) is 43.0 Å². The molecular formula is C14H18N4O2. The molecule has 0 aliphatic carbocycles. The number of amides is 1. The first-order valence-electron chi connectivity index (χ1n) is 6.40. The third-order valence-corrected chi connectivity index (χ3v) is 2.99. The average Bonchev–Trinajstić information content (AvgIpc) is 2.97. The first-order valence-corrected chi connectivity index (χ1v) is 6.40. The number of hydrogen-bond acceptors (Lipinski definition) is 4. The number of benzene rings is 1. The molecule has 1 unspecified atom stereocenters. The summed E-state index contributed by atoms with van der Waals surface area (Å²) in [5, 5.41) is 3.26. The van der Waals surface area contributed by atoms with Crippen molar-refractivity contribution in [3.8, 4) is 5.69 Å². The molecular weight excluding hydrogens is 256 g/mol. The van der Waals surface area contributed by atoms with Gasteiger partial charge in [0, 0.05) is 30.7 Å². The third kappa shape index (κ3) is 3.83. The number of imidazole rings is 1. The summed E-state index contributed by atoms with van der Waals surface area (Å²) in [6.45, 7) is 2.89. The lowest BCUT2D eigenvalue weighted by Crippen LogP contribution is -2.25. The zero-order valence-electron chi connectivity index (χ0n) is 11.3. The van der Waals surface area contributed by atoms with Crippen LogP contribution in [0.2, 0.25) is 0 Å². The minimum absolute atomic E-state index is 0.170. The fourth-order valence-corrected chi connectivity index (χ4v) is 1.89. The summed E-state index contributed by atoms with van der Waals surface area (Å²) < 4.78 is 6.61. The van der Waals surface area contributed by atoms with E-state index in [2.05, 4.69) is 34.1 Å². The van der Waals surface area contributed by atoms with E-state index in [1.54, 1.807) is 12.5 Å². The molecule has 0 bridgehead atoms. The number of nitrogens with two attached hydrogens (primary N) is 1. The van der Waals surface area contributed by atoms with Crippen molar-refractivity contribution in [1.82, 2.24) is 14.9 Å². The number of hydrogen-bond donors (Lipinski definition) is 2. The first-order chi connectivity index (χ1) is 9.66. The fourth-order valence-electron chi connectivity index (χ4n) is 1.89. The number of carbonyl (C=O) groups is 1. The molecule has 106 valence electrons. The molecule has 0 aliphatic rings. The van der Waals surface area contributed by atoms with Gasteiger partial charge in [-0.3, -0.25) is 0 Å². The number of primary amides is 1. The van der Waals surface area contributed by atoms with Crippen LogP contribution in [0.5, 0.6) is 0 Å². The predicted molar refractivity (Wildman–Crippen MR) is 75.5 cm³/mol. The zero-order chi connectivity index (χ0) is 14.4. The molecule has 2 rings (SSSR count). The smallest absolute Gasteiger partial charge is 0.404 e. The molecule has 1 aromatic heterocycles. The molecule has 1 atom stereocenters. The normalized spacial score (nSPS) is 12.1. The van der Waals surface area contributed by atoms with Gasteiger partial charge in [0.15, 0.2) is 0 Å². The Bertz CT molecular complexity index is 537. The minimum Gasteiger partial charge on any atom is -0.448 e. The van der Waals surface area contributed by atoms with Gasteiger partial charge in [-0.15, -0.1) is 0 Å². The van der Waals surface area contributed by atoms with Crippen molar-refractivity contribution < 1.29 is 9.53 Å². The van der Waals surface area contributed by atoms with Crippen LogP contribution in [0.1, 0.15) is 18.5 Å². The van der Waals surface area contributed by atoms with Crippen molar-refractivity contribution in [3.63, 3.8) is 0 Å². The van der Waals surface area contributed by atoms with E-state index in [0.29, 0.717) is 6.54 Å². The van der Waals surface area contributed by atoms with Crippen LogP contribution in [0, 0.1) is 0 Å². The molecule has 6 nitrogen and oxygen atoms in total. The summed E-state index contributed by atoms with van der Waals surface area (Å²) in [5.74, 6) is 0. The Labute approximate surface area is 117 Å². The second kappa shape index (κ2) is 6.72. The molecule has 1 heterocycles. The second-order valence-electron chi connectivity index (χ2n) is 4.40. The van der Waals surface area contributed by atoms with Gasteiger partial charge in [0.05, 0.1) is 6.33 Å². The summed E-state index contributed by atoms with van der Waals surface area (Å²) in [7, 11) is 0. The van der Waals surface area contributed by atoms with E-state index in [9.17, 15) is 4.79 Å². The van der Waals surface area contributed by atoms with Gasteiger partial charge in [0.1, 0.15) is 6.61 Å². The van der Waals surface area contributed by atoms with Crippen LogP contribution in [-0.2, 0) is 4.74 Å². The highest BCUT2D eigenvalue weighted by Gasteiger charge is 2.05. The van der Waals surface area contributed by atoms with Gasteiger partial charge in [-0.2, -0.15) is 0 Å². The minimum atomic E-state index is -0.746. The number of carbonyl (C=O) groups excluding carboxylic acids is 1. The molecule has 0 saturated carbocycles. The van der Waals surface area contributed by atoms with Crippen molar-refractivity contribution in [3.05, 3.63) is 48.5 Å². The third-order valence-electron chi connectivity index (χ3n) is 2.99. The molecule has 0 saturated heterocycles. The maximum absolute atomic E-state index is 10.4. The highest BCUT2D eigenvalue weighted by Crippen LogP contribution is 2.15. The maximum atomic E-state index is 10.4. The van der Waals surface area contributed by atoms with E-state index in [-0.39, 0.29) is 12.6 Å². The quantitative estimate of drug-likeness (QED) is 0.784. The van der Waals surface area contributed by atoms with Crippen LogP contribution < -0.4 is 11.1 Å². The molecule has 1 aromatic carbocycles. The summed E-state index contributed by atoms with van der Waals surface area (Å²) >= 11 is 0. The van der Waals surface area contributed by atoms with Crippen LogP contribution in [0.4, 0.5) is 4.79 Å². The topological polar surface area (TPSA) is 82.2 Å². The lowest BCUT2D eigenvalue weighted by atomic mass is 10.1. The van der Waals surface area contributed by atoms with E-state index in [4.69, 9.17) is 5.73 Å². The largest absolute Gasteiger partial charge is 0.448 e. The van der Waals surface area contributed by atoms with Crippen molar-refractivity contribution >= 4 is 6.09 Å². The van der Waals surface area contributed by atoms with Crippen LogP contribution in [0.25, 0.3) is 5.69 Å². The molecule has 0 fully saturated rings. The number of nitrogens with zero attached hydrogens (tertiary/aromatic N) is 2. The van der Waals surface area contributed by atoms with Crippen molar-refractivity contribution in [2.75, 3.05) is 13.2 Å². The van der Waals surface area contributed by atoms with Gasteiger partial charge >= 0.3 is 6.09 Å². The highest BCUT2D eigenvalue weighted by molar-refractivity contribution is 5.64. The summed E-state index contributed by atoms with van der Waals surface area (Å²) in [5.41, 5.74) is 7.11. The number of rotatable bonds is 6. The first kappa shape index (κ1) is 14.1. The molecule has 6 heteroatoms. The Morgan fingerprint density at radius 3 is 2.80 bits per heavy atom.